The third kappa shape index (κ3) is 4.48. The summed E-state index contributed by atoms with van der Waals surface area (Å²) in [5, 5.41) is 16.8. The van der Waals surface area contributed by atoms with E-state index in [9.17, 15) is 19.5 Å². The number of aliphatic hydroxyl groups is 2. The molecule has 4 aromatic rings. The molecule has 3 heterocycles. The highest BCUT2D eigenvalue weighted by Gasteiger charge is 2.43. The molecule has 0 bridgehead atoms. The molecule has 9 heteroatoms. The van der Waals surface area contributed by atoms with Crippen LogP contribution in [0.3, 0.4) is 0 Å². The standard InChI is InChI=1S/C31H28N2O7/c34-17-21-18-39-30(26(35)27(21)40-31(38)19-8-2-1-3-9-19)33-16-20(22-10-6-7-13-25(22)33)14-15-32-28(36)23-11-4-5-12-24(23)29(32)37/h1-13,16,21,26-27,30,34-35H,14-15,17-18H2/i17D,34T. The number of carbonyl (C=O) groups is 3. The van der Waals surface area contributed by atoms with Gasteiger partial charge in [-0.15, -0.1) is 0 Å². The van der Waals surface area contributed by atoms with E-state index in [-0.39, 0.29) is 30.5 Å². The number of hydrogen-bond acceptors (Lipinski definition) is 7. The summed E-state index contributed by atoms with van der Waals surface area (Å²) in [5.41, 5.74) is 2.61. The fourth-order valence-corrected chi connectivity index (χ4v) is 5.46. The summed E-state index contributed by atoms with van der Waals surface area (Å²) in [6, 6.07) is 22.5. The number of imide groups is 1. The lowest BCUT2D eigenvalue weighted by Gasteiger charge is -2.39. The molecule has 2 N–H and O–H groups in total. The van der Waals surface area contributed by atoms with Crippen LogP contribution in [0.15, 0.2) is 85.1 Å². The summed E-state index contributed by atoms with van der Waals surface area (Å²) in [6.07, 6.45) is -1.44. The first-order valence-electron chi connectivity index (χ1n) is 14.0. The molecule has 5 atom stereocenters. The second-order valence-electron chi connectivity index (χ2n) is 9.89. The van der Waals surface area contributed by atoms with Crippen molar-refractivity contribution in [3.63, 3.8) is 0 Å². The molecule has 1 aromatic heterocycles. The SMILES string of the molecule is [2H]C(O[3H])C1COC(n2cc(CCN3C(=O)c4ccccc4C3=O)c3ccccc32)C(O)C1OC(=O)c1ccccc1. The van der Waals surface area contributed by atoms with Crippen LogP contribution >= 0.6 is 0 Å². The fraction of sp³-hybridized carbons (Fsp3) is 0.258. The van der Waals surface area contributed by atoms with E-state index in [1.54, 1.807) is 65.4 Å². The smallest absolute Gasteiger partial charge is 0.338 e. The maximum Gasteiger partial charge on any atom is 0.338 e. The molecule has 40 heavy (non-hydrogen) atoms. The summed E-state index contributed by atoms with van der Waals surface area (Å²) < 4.78 is 28.9. The van der Waals surface area contributed by atoms with Crippen LogP contribution in [-0.2, 0) is 15.9 Å². The first-order chi connectivity index (χ1) is 20.4. The first kappa shape index (κ1) is 23.6. The molecule has 6 rings (SSSR count). The fourth-order valence-electron chi connectivity index (χ4n) is 5.46. The molecular weight excluding hydrogens is 512 g/mol. The number of hydrogen-bond donors (Lipinski definition) is 2. The van der Waals surface area contributed by atoms with Crippen LogP contribution < -0.4 is 0 Å². The van der Waals surface area contributed by atoms with E-state index < -0.39 is 36.9 Å². The zero-order valence-electron chi connectivity index (χ0n) is 23.4. The van der Waals surface area contributed by atoms with Crippen molar-refractivity contribution in [1.29, 1.82) is 1.43 Å². The van der Waals surface area contributed by atoms with Crippen molar-refractivity contribution in [2.75, 3.05) is 19.7 Å². The van der Waals surface area contributed by atoms with Gasteiger partial charge in [-0.3, -0.25) is 14.5 Å². The van der Waals surface area contributed by atoms with Crippen molar-refractivity contribution in [3.05, 3.63) is 107 Å². The van der Waals surface area contributed by atoms with Crippen molar-refractivity contribution in [1.82, 2.24) is 9.47 Å². The number of para-hydroxylation sites is 1. The molecule has 1 saturated heterocycles. The second-order valence-corrected chi connectivity index (χ2v) is 9.89. The Balaban J connectivity index is 1.27. The van der Waals surface area contributed by atoms with Crippen molar-refractivity contribution in [3.8, 4) is 0 Å². The highest BCUT2D eigenvalue weighted by atomic mass is 16.6. The summed E-state index contributed by atoms with van der Waals surface area (Å²) in [5.74, 6) is -2.26. The van der Waals surface area contributed by atoms with Crippen LogP contribution in [0.2, 0.25) is 0 Å². The number of amides is 2. The van der Waals surface area contributed by atoms with E-state index in [0.717, 1.165) is 16.5 Å². The molecular formula is C31H28N2O7. The second kappa shape index (κ2) is 10.7. The minimum atomic E-state index is -1.43. The monoisotopic (exact) mass is 543 g/mol. The molecule has 2 amide bonds. The zero-order valence-corrected chi connectivity index (χ0v) is 21.4. The molecule has 0 saturated carbocycles. The minimum Gasteiger partial charge on any atom is -0.455 e. The molecule has 2 aliphatic heterocycles. The van der Waals surface area contributed by atoms with E-state index in [1.165, 1.54) is 4.90 Å². The van der Waals surface area contributed by atoms with Crippen molar-refractivity contribution in [2.45, 2.75) is 24.9 Å². The van der Waals surface area contributed by atoms with Crippen LogP contribution in [0.5, 0.6) is 0 Å². The van der Waals surface area contributed by atoms with Gasteiger partial charge >= 0.3 is 5.97 Å². The maximum atomic E-state index is 12.9. The Kier molecular flexibility index (Phi) is 6.30. The van der Waals surface area contributed by atoms with Crippen LogP contribution in [0, 0.1) is 5.92 Å². The average molecular weight is 544 g/mol. The molecule has 5 unspecified atom stereocenters. The molecule has 3 aromatic carbocycles. The number of esters is 1. The quantitative estimate of drug-likeness (QED) is 0.259. The van der Waals surface area contributed by atoms with E-state index in [1.807, 2.05) is 24.3 Å². The number of aromatic nitrogens is 1. The molecule has 1 fully saturated rings. The van der Waals surface area contributed by atoms with Gasteiger partial charge in [-0.2, -0.15) is 0 Å². The zero-order chi connectivity index (χ0) is 29.4. The van der Waals surface area contributed by atoms with E-state index in [4.69, 9.17) is 12.3 Å². The number of nitrogens with zero attached hydrogens (tertiary/aromatic N) is 2. The van der Waals surface area contributed by atoms with Gasteiger partial charge in [-0.1, -0.05) is 48.5 Å². The van der Waals surface area contributed by atoms with Gasteiger partial charge in [0.2, 0.25) is 1.43 Å². The van der Waals surface area contributed by atoms with Gasteiger partial charge in [0, 0.05) is 24.0 Å². The molecule has 9 nitrogen and oxygen atoms in total. The van der Waals surface area contributed by atoms with E-state index >= 15 is 0 Å². The van der Waals surface area contributed by atoms with E-state index in [0.29, 0.717) is 17.5 Å². The highest BCUT2D eigenvalue weighted by Crippen LogP contribution is 2.34. The number of rotatable bonds is 8. The first-order valence-corrected chi connectivity index (χ1v) is 13.0. The lowest BCUT2D eigenvalue weighted by Crippen LogP contribution is -2.51. The number of carbonyl (C=O) groups excluding carboxylic acids is 3. The van der Waals surface area contributed by atoms with Crippen LogP contribution in [-0.4, -0.2) is 70.8 Å². The largest absolute Gasteiger partial charge is 0.455 e. The third-order valence-electron chi connectivity index (χ3n) is 7.52. The Labute approximate surface area is 233 Å². The molecule has 204 valence electrons. The summed E-state index contributed by atoms with van der Waals surface area (Å²) >= 11 is 0. The molecule has 2 aliphatic rings. The lowest BCUT2D eigenvalue weighted by molar-refractivity contribution is -0.197. The topological polar surface area (TPSA) is 118 Å². The summed E-state index contributed by atoms with van der Waals surface area (Å²) in [4.78, 5) is 40.0. The number of benzene rings is 3. The van der Waals surface area contributed by atoms with Crippen molar-refractivity contribution in [2.24, 2.45) is 5.92 Å². The van der Waals surface area contributed by atoms with Gasteiger partial charge in [0.1, 0.15) is 12.2 Å². The predicted octanol–water partition coefficient (Wildman–Crippen LogP) is 3.20. The Hall–Kier alpha value is -4.31. The Morgan fingerprint density at radius 1 is 1.02 bits per heavy atom. The van der Waals surface area contributed by atoms with E-state index in [2.05, 4.69) is 5.11 Å². The van der Waals surface area contributed by atoms with Gasteiger partial charge in [0.25, 0.3) is 11.8 Å². The Morgan fingerprint density at radius 3 is 2.42 bits per heavy atom. The lowest BCUT2D eigenvalue weighted by atomic mass is 9.95. The summed E-state index contributed by atoms with van der Waals surface area (Å²) in [7, 11) is 0. The van der Waals surface area contributed by atoms with Crippen molar-refractivity contribution < 1.29 is 35.4 Å². The van der Waals surface area contributed by atoms with Crippen LogP contribution in [0.25, 0.3) is 10.9 Å². The number of aliphatic hydroxyl groups excluding tert-OH is 2. The van der Waals surface area contributed by atoms with Crippen LogP contribution in [0.1, 0.15) is 44.2 Å². The highest BCUT2D eigenvalue weighted by molar-refractivity contribution is 6.21. The van der Waals surface area contributed by atoms with Gasteiger partial charge in [-0.25, -0.2) is 4.79 Å². The van der Waals surface area contributed by atoms with Gasteiger partial charge < -0.3 is 24.3 Å². The number of ether oxygens (including phenoxy) is 2. The normalized spacial score (nSPS) is 24.0. The maximum absolute atomic E-state index is 12.9. The van der Waals surface area contributed by atoms with Gasteiger partial charge in [0.05, 0.1) is 36.8 Å². The minimum absolute atomic E-state index is 0.113. The Morgan fingerprint density at radius 2 is 1.70 bits per heavy atom. The van der Waals surface area contributed by atoms with Crippen LogP contribution in [0.4, 0.5) is 0 Å². The third-order valence-corrected chi connectivity index (χ3v) is 7.52. The summed E-state index contributed by atoms with van der Waals surface area (Å²) in [6.45, 7) is -1.38. The molecule has 0 spiro atoms. The average Bonchev–Trinajstić information content (AvgIpc) is 3.51. The molecule has 0 aliphatic carbocycles. The Bertz CT molecular complexity index is 1610. The van der Waals surface area contributed by atoms with Crippen molar-refractivity contribution >= 4 is 28.7 Å². The molecule has 0 radical (unpaired) electrons. The van der Waals surface area contributed by atoms with Gasteiger partial charge in [0.15, 0.2) is 6.23 Å². The number of fused-ring (bicyclic) bond motifs is 2. The van der Waals surface area contributed by atoms with Gasteiger partial charge in [-0.05, 0) is 42.3 Å². The predicted molar refractivity (Wildman–Crippen MR) is 145 cm³/mol.